The summed E-state index contributed by atoms with van der Waals surface area (Å²) in [5, 5.41) is 3.28. The first-order valence-electron chi connectivity index (χ1n) is 16.4. The Morgan fingerprint density at radius 3 is 1.86 bits per heavy atom. The molecular formula is C35H48N6O9. The molecule has 2 aromatic carbocycles. The van der Waals surface area contributed by atoms with Gasteiger partial charge in [0.1, 0.15) is 23.3 Å². The summed E-state index contributed by atoms with van der Waals surface area (Å²) >= 11 is 0. The number of anilines is 2. The Hall–Kier alpha value is -5.21. The van der Waals surface area contributed by atoms with Gasteiger partial charge in [0.2, 0.25) is 0 Å². The van der Waals surface area contributed by atoms with Crippen molar-refractivity contribution in [2.24, 2.45) is 0 Å². The van der Waals surface area contributed by atoms with Crippen molar-refractivity contribution in [2.45, 2.75) is 89.8 Å². The van der Waals surface area contributed by atoms with E-state index in [9.17, 15) is 24.0 Å². The Labute approximate surface area is 291 Å². The molecule has 2 aliphatic rings. The van der Waals surface area contributed by atoms with Gasteiger partial charge in [0.05, 0.1) is 42.7 Å². The van der Waals surface area contributed by atoms with Crippen molar-refractivity contribution in [1.82, 2.24) is 19.4 Å². The quantitative estimate of drug-likeness (QED) is 0.196. The van der Waals surface area contributed by atoms with E-state index >= 15 is 0 Å². The van der Waals surface area contributed by atoms with Gasteiger partial charge in [-0.25, -0.2) is 24.0 Å². The van der Waals surface area contributed by atoms with E-state index in [-0.39, 0.29) is 30.7 Å². The molecule has 2 unspecified atom stereocenters. The van der Waals surface area contributed by atoms with Crippen LogP contribution in [0.4, 0.5) is 21.0 Å². The molecule has 4 N–H and O–H groups in total. The lowest BCUT2D eigenvalue weighted by Crippen LogP contribution is -2.44. The highest BCUT2D eigenvalue weighted by Gasteiger charge is 2.44. The Kier molecular flexibility index (Phi) is 11.4. The highest BCUT2D eigenvalue weighted by atomic mass is 16.6. The number of nitrogens with one attached hydrogen (secondary N) is 2. The van der Waals surface area contributed by atoms with Crippen LogP contribution in [0.5, 0.6) is 0 Å². The third-order valence-corrected chi connectivity index (χ3v) is 8.09. The lowest BCUT2D eigenvalue weighted by molar-refractivity contribution is -0.146. The lowest BCUT2D eigenvalue weighted by Gasteiger charge is -2.27. The van der Waals surface area contributed by atoms with E-state index in [1.807, 2.05) is 42.5 Å². The molecule has 3 aromatic rings. The second-order valence-electron chi connectivity index (χ2n) is 14.2. The molecule has 0 bridgehead atoms. The highest BCUT2D eigenvalue weighted by molar-refractivity contribution is 5.83. The van der Waals surface area contributed by atoms with Gasteiger partial charge in [-0.2, -0.15) is 0 Å². The Morgan fingerprint density at radius 2 is 1.30 bits per heavy atom. The van der Waals surface area contributed by atoms with Gasteiger partial charge >= 0.3 is 29.8 Å². The van der Waals surface area contributed by atoms with E-state index in [1.54, 1.807) is 52.2 Å². The number of hydrogen-bond donors (Lipinski definition) is 3. The number of methoxy groups -OCH3 is 2. The van der Waals surface area contributed by atoms with Crippen LogP contribution < -0.4 is 16.7 Å². The third-order valence-electron chi connectivity index (χ3n) is 8.09. The number of aromatic amines is 1. The molecule has 0 radical (unpaired) electrons. The predicted octanol–water partition coefficient (Wildman–Crippen LogP) is 4.28. The molecule has 0 spiro atoms. The summed E-state index contributed by atoms with van der Waals surface area (Å²) in [6.45, 7) is 11.2. The number of para-hydroxylation sites is 4. The van der Waals surface area contributed by atoms with Crippen molar-refractivity contribution in [3.8, 4) is 0 Å². The van der Waals surface area contributed by atoms with E-state index < -0.39 is 47.4 Å². The minimum atomic E-state index is -0.791. The average Bonchev–Trinajstić information content (AvgIpc) is 3.75. The summed E-state index contributed by atoms with van der Waals surface area (Å²) in [6.07, 6.45) is -0.403. The number of amides is 2. The third kappa shape index (κ3) is 9.07. The zero-order valence-corrected chi connectivity index (χ0v) is 29.8. The van der Waals surface area contributed by atoms with Crippen molar-refractivity contribution in [1.29, 1.82) is 0 Å². The first-order chi connectivity index (χ1) is 23.4. The van der Waals surface area contributed by atoms with Gasteiger partial charge in [-0.1, -0.05) is 24.3 Å². The zero-order chi connectivity index (χ0) is 37.0. The molecule has 0 saturated carbocycles. The Balaban J connectivity index is 0.000000226. The van der Waals surface area contributed by atoms with Crippen LogP contribution in [0.1, 0.15) is 60.4 Å². The van der Waals surface area contributed by atoms with Crippen molar-refractivity contribution in [2.75, 3.05) is 38.4 Å². The van der Waals surface area contributed by atoms with E-state index in [4.69, 9.17) is 24.7 Å². The number of benzene rings is 2. The Morgan fingerprint density at radius 1 is 0.780 bits per heavy atom. The summed E-state index contributed by atoms with van der Waals surface area (Å²) in [4.78, 5) is 67.2. The number of likely N-dealkylation sites (tertiary alicyclic amines) is 2. The fourth-order valence-electron chi connectivity index (χ4n) is 5.99. The molecular weight excluding hydrogens is 648 g/mol. The first-order valence-corrected chi connectivity index (χ1v) is 16.4. The summed E-state index contributed by atoms with van der Waals surface area (Å²) in [6, 6.07) is 12.7. The molecule has 50 heavy (non-hydrogen) atoms. The van der Waals surface area contributed by atoms with Gasteiger partial charge in [-0.15, -0.1) is 0 Å². The van der Waals surface area contributed by atoms with E-state index in [1.165, 1.54) is 24.0 Å². The molecule has 272 valence electrons. The molecule has 0 aliphatic carbocycles. The van der Waals surface area contributed by atoms with E-state index in [0.29, 0.717) is 24.2 Å². The van der Waals surface area contributed by atoms with Crippen molar-refractivity contribution < 1.29 is 38.1 Å². The SMILES string of the molecule is COC(=O)[C@@H]1CC(Nc2ccccc2N)CN1C(=O)OC(C)(C)C.COC(=O)[C@@H]1CC(n2c(=O)[nH]c3ccccc32)CN1C(=O)OC(C)(C)C. The second-order valence-corrected chi connectivity index (χ2v) is 14.2. The molecule has 1 aromatic heterocycles. The van der Waals surface area contributed by atoms with Crippen molar-refractivity contribution in [3.05, 3.63) is 59.0 Å². The fraction of sp³-hybridized carbons (Fsp3) is 0.514. The van der Waals surface area contributed by atoms with Gasteiger partial charge in [-0.3, -0.25) is 14.4 Å². The van der Waals surface area contributed by atoms with Gasteiger partial charge < -0.3 is 35.0 Å². The molecule has 4 atom stereocenters. The van der Waals surface area contributed by atoms with Gasteiger partial charge in [0, 0.05) is 32.0 Å². The van der Waals surface area contributed by atoms with Crippen LogP contribution >= 0.6 is 0 Å². The fourth-order valence-corrected chi connectivity index (χ4v) is 5.99. The predicted molar refractivity (Wildman–Crippen MR) is 187 cm³/mol. The van der Waals surface area contributed by atoms with Gasteiger partial charge in [0.25, 0.3) is 0 Å². The number of carbonyl (C=O) groups excluding carboxylic acids is 4. The van der Waals surface area contributed by atoms with Crippen LogP contribution in [0, 0.1) is 0 Å². The molecule has 5 rings (SSSR count). The van der Waals surface area contributed by atoms with Crippen LogP contribution in [0.15, 0.2) is 53.3 Å². The number of esters is 2. The molecule has 15 nitrogen and oxygen atoms in total. The number of nitrogens with two attached hydrogens (primary N) is 1. The first kappa shape index (κ1) is 37.6. The highest BCUT2D eigenvalue weighted by Crippen LogP contribution is 2.31. The maximum atomic E-state index is 12.6. The number of fused-ring (bicyclic) bond motifs is 1. The molecule has 2 amide bonds. The minimum Gasteiger partial charge on any atom is -0.467 e. The van der Waals surface area contributed by atoms with Crippen LogP contribution in [-0.2, 0) is 28.5 Å². The monoisotopic (exact) mass is 696 g/mol. The molecule has 2 saturated heterocycles. The number of nitrogen functional groups attached to an aromatic ring is 1. The summed E-state index contributed by atoms with van der Waals surface area (Å²) in [5.41, 5.74) is 7.18. The molecule has 2 fully saturated rings. The van der Waals surface area contributed by atoms with E-state index in [2.05, 4.69) is 10.3 Å². The topological polar surface area (TPSA) is 188 Å². The molecule has 15 heteroatoms. The number of nitrogens with zero attached hydrogens (tertiary/aromatic N) is 3. The number of hydrogen-bond acceptors (Lipinski definition) is 11. The van der Waals surface area contributed by atoms with Crippen molar-refractivity contribution in [3.63, 3.8) is 0 Å². The summed E-state index contributed by atoms with van der Waals surface area (Å²) in [7, 11) is 2.59. The standard InChI is InChI=1S/C18H23N3O5.C17H25N3O4/c1-18(2,3)26-17(24)20-10-11(9-14(20)15(22)25-4)21-13-8-6-5-7-12(13)19-16(21)23;1-17(2,3)24-16(22)20-10-11(9-14(20)15(21)23-4)19-13-8-6-5-7-12(13)18/h5-8,11,14H,9-10H2,1-4H3,(H,19,23);5-8,11,14,19H,9-10,18H2,1-4H3/t2*11?,14-/m00/s1. The Bertz CT molecular complexity index is 1760. The van der Waals surface area contributed by atoms with E-state index in [0.717, 1.165) is 11.2 Å². The minimum absolute atomic E-state index is 0.119. The van der Waals surface area contributed by atoms with Crippen molar-refractivity contribution >= 4 is 46.5 Å². The van der Waals surface area contributed by atoms with Gasteiger partial charge in [0.15, 0.2) is 0 Å². The van der Waals surface area contributed by atoms with Gasteiger partial charge in [-0.05, 0) is 65.8 Å². The number of carbonyl (C=O) groups is 4. The number of rotatable bonds is 5. The van der Waals surface area contributed by atoms with Crippen LogP contribution in [0.2, 0.25) is 0 Å². The maximum Gasteiger partial charge on any atom is 0.411 e. The maximum absolute atomic E-state index is 12.6. The number of aromatic nitrogens is 2. The average molecular weight is 697 g/mol. The smallest absolute Gasteiger partial charge is 0.411 e. The number of imidazole rings is 1. The summed E-state index contributed by atoms with van der Waals surface area (Å²) in [5.74, 6) is -0.975. The largest absolute Gasteiger partial charge is 0.467 e. The number of ether oxygens (including phenoxy) is 4. The molecule has 2 aliphatic heterocycles. The molecule has 3 heterocycles. The summed E-state index contributed by atoms with van der Waals surface area (Å²) < 4.78 is 22.1. The zero-order valence-electron chi connectivity index (χ0n) is 29.8. The van der Waals surface area contributed by atoms with Crippen LogP contribution in [0.3, 0.4) is 0 Å². The van der Waals surface area contributed by atoms with Crippen LogP contribution in [-0.4, -0.2) is 100 Å². The normalized spacial score (nSPS) is 20.5. The second kappa shape index (κ2) is 15.1. The number of H-pyrrole nitrogens is 1. The lowest BCUT2D eigenvalue weighted by atomic mass is 10.1. The van der Waals surface area contributed by atoms with Crippen LogP contribution in [0.25, 0.3) is 11.0 Å².